The van der Waals surface area contributed by atoms with Crippen LogP contribution in [0.15, 0.2) is 27.6 Å². The minimum atomic E-state index is -0.924. The fourth-order valence-electron chi connectivity index (χ4n) is 1.08. The third-order valence-electron chi connectivity index (χ3n) is 2.01. The summed E-state index contributed by atoms with van der Waals surface area (Å²) in [6, 6.07) is 5.08. The second kappa shape index (κ2) is 6.27. The summed E-state index contributed by atoms with van der Waals surface area (Å²) in [4.78, 5) is 11.7. The minimum Gasteiger partial charge on any atom is -0.478 e. The zero-order valence-electron chi connectivity index (χ0n) is 8.81. The number of hydrogen-bond acceptors (Lipinski definition) is 3. The van der Waals surface area contributed by atoms with Crippen LogP contribution < -0.4 is 0 Å². The maximum absolute atomic E-state index is 11.0. The van der Waals surface area contributed by atoms with E-state index >= 15 is 0 Å². The molecule has 0 aliphatic heterocycles. The summed E-state index contributed by atoms with van der Waals surface area (Å²) in [6.07, 6.45) is 0. The van der Waals surface area contributed by atoms with Gasteiger partial charge in [-0.25, -0.2) is 4.79 Å². The van der Waals surface area contributed by atoms with Crippen LogP contribution >= 0.6 is 27.7 Å². The molecule has 0 aliphatic carbocycles. The number of halogens is 1. The molecule has 0 aliphatic rings. The quantitative estimate of drug-likeness (QED) is 0.821. The lowest BCUT2D eigenvalue weighted by molar-refractivity contribution is 0.0693. The highest BCUT2D eigenvalue weighted by atomic mass is 79.9. The molecule has 0 amide bonds. The molecule has 1 rings (SSSR count). The van der Waals surface area contributed by atoms with Crippen LogP contribution in [0.25, 0.3) is 0 Å². The summed E-state index contributed by atoms with van der Waals surface area (Å²) in [5.41, 5.74) is 0.304. The zero-order chi connectivity index (χ0) is 12.1. The molecule has 1 aromatic carbocycles. The van der Waals surface area contributed by atoms with Gasteiger partial charge < -0.3 is 10.2 Å². The molecule has 0 radical (unpaired) electrons. The lowest BCUT2D eigenvalue weighted by Gasteiger charge is -2.09. The van der Waals surface area contributed by atoms with Gasteiger partial charge in [0.1, 0.15) is 0 Å². The summed E-state index contributed by atoms with van der Waals surface area (Å²) < 4.78 is 0.858. The molecule has 0 fully saturated rings. The third-order valence-corrected chi connectivity index (χ3v) is 3.89. The summed E-state index contributed by atoms with van der Waals surface area (Å²) in [7, 11) is 0. The predicted octanol–water partition coefficient (Wildman–Crippen LogP) is 2.87. The molecule has 0 saturated heterocycles. The highest BCUT2D eigenvalue weighted by Crippen LogP contribution is 2.28. The largest absolute Gasteiger partial charge is 0.478 e. The standard InChI is InChI=1S/C11H13BrO3S/c1-7(5-13)6-16-10-4-8(12)2-3-9(10)11(14)15/h2-4,7,13H,5-6H2,1H3,(H,14,15). The zero-order valence-corrected chi connectivity index (χ0v) is 11.2. The van der Waals surface area contributed by atoms with E-state index in [0.717, 1.165) is 9.37 Å². The van der Waals surface area contributed by atoms with E-state index in [-0.39, 0.29) is 12.5 Å². The molecule has 0 aromatic heterocycles. The monoisotopic (exact) mass is 304 g/mol. The molecule has 88 valence electrons. The van der Waals surface area contributed by atoms with Crippen LogP contribution in [-0.4, -0.2) is 28.5 Å². The molecular weight excluding hydrogens is 292 g/mol. The number of carbonyl (C=O) groups is 1. The van der Waals surface area contributed by atoms with Crippen molar-refractivity contribution < 1.29 is 15.0 Å². The van der Waals surface area contributed by atoms with Crippen LogP contribution in [0.4, 0.5) is 0 Å². The van der Waals surface area contributed by atoms with E-state index < -0.39 is 5.97 Å². The lowest BCUT2D eigenvalue weighted by Crippen LogP contribution is -2.05. The number of hydrogen-bond donors (Lipinski definition) is 2. The first-order valence-corrected chi connectivity index (χ1v) is 6.59. The van der Waals surface area contributed by atoms with Gasteiger partial charge in [-0.1, -0.05) is 22.9 Å². The SMILES string of the molecule is CC(CO)CSc1cc(Br)ccc1C(=O)O. The van der Waals surface area contributed by atoms with Crippen LogP contribution in [0.2, 0.25) is 0 Å². The molecule has 2 N–H and O–H groups in total. The predicted molar refractivity (Wildman–Crippen MR) is 68.1 cm³/mol. The Labute approximate surface area is 107 Å². The Bertz CT molecular complexity index is 381. The second-order valence-electron chi connectivity index (χ2n) is 3.54. The molecule has 3 nitrogen and oxygen atoms in total. The Balaban J connectivity index is 2.84. The van der Waals surface area contributed by atoms with E-state index in [1.807, 2.05) is 6.92 Å². The third kappa shape index (κ3) is 3.81. The molecule has 1 atom stereocenters. The number of carboxylic acid groups (broad SMARTS) is 1. The molecular formula is C11H13BrO3S. The Morgan fingerprint density at radius 3 is 2.81 bits per heavy atom. The summed E-state index contributed by atoms with van der Waals surface area (Å²) in [5.74, 6) is -0.0648. The molecule has 0 saturated carbocycles. The van der Waals surface area contributed by atoms with Crippen molar-refractivity contribution in [3.8, 4) is 0 Å². The van der Waals surface area contributed by atoms with Crippen molar-refractivity contribution in [1.82, 2.24) is 0 Å². The number of aliphatic hydroxyl groups excluding tert-OH is 1. The van der Waals surface area contributed by atoms with Gasteiger partial charge in [0.15, 0.2) is 0 Å². The molecule has 5 heteroatoms. The fourth-order valence-corrected chi connectivity index (χ4v) is 2.68. The van der Waals surface area contributed by atoms with Gasteiger partial charge in [-0.3, -0.25) is 0 Å². The average Bonchev–Trinajstić information content (AvgIpc) is 2.25. The highest BCUT2D eigenvalue weighted by molar-refractivity contribution is 9.10. The topological polar surface area (TPSA) is 57.5 Å². The van der Waals surface area contributed by atoms with Crippen LogP contribution in [0.3, 0.4) is 0 Å². The smallest absolute Gasteiger partial charge is 0.336 e. The molecule has 16 heavy (non-hydrogen) atoms. The Hall–Kier alpha value is -0.520. The van der Waals surface area contributed by atoms with Crippen LogP contribution in [0, 0.1) is 5.92 Å². The van der Waals surface area contributed by atoms with E-state index in [4.69, 9.17) is 10.2 Å². The van der Waals surface area contributed by atoms with Gasteiger partial charge in [-0.05, 0) is 24.1 Å². The van der Waals surface area contributed by atoms with Gasteiger partial charge >= 0.3 is 5.97 Å². The Morgan fingerprint density at radius 1 is 1.56 bits per heavy atom. The summed E-state index contributed by atoms with van der Waals surface area (Å²) in [6.45, 7) is 2.04. The average molecular weight is 305 g/mol. The highest BCUT2D eigenvalue weighted by Gasteiger charge is 2.11. The van der Waals surface area contributed by atoms with E-state index in [2.05, 4.69) is 15.9 Å². The van der Waals surface area contributed by atoms with Gasteiger partial charge in [0.2, 0.25) is 0 Å². The fraction of sp³-hybridized carbons (Fsp3) is 0.364. The number of carboxylic acids is 1. The van der Waals surface area contributed by atoms with Crippen molar-refractivity contribution in [2.45, 2.75) is 11.8 Å². The first kappa shape index (κ1) is 13.5. The van der Waals surface area contributed by atoms with Crippen molar-refractivity contribution in [3.63, 3.8) is 0 Å². The lowest BCUT2D eigenvalue weighted by atomic mass is 10.2. The molecule has 1 unspecified atom stereocenters. The Kier molecular flexibility index (Phi) is 5.31. The van der Waals surface area contributed by atoms with Crippen LogP contribution in [0.1, 0.15) is 17.3 Å². The second-order valence-corrected chi connectivity index (χ2v) is 5.52. The molecule has 0 spiro atoms. The number of aliphatic hydroxyl groups is 1. The minimum absolute atomic E-state index is 0.114. The van der Waals surface area contributed by atoms with E-state index in [9.17, 15) is 4.79 Å². The van der Waals surface area contributed by atoms with Crippen LogP contribution in [0.5, 0.6) is 0 Å². The van der Waals surface area contributed by atoms with Crippen LogP contribution in [-0.2, 0) is 0 Å². The van der Waals surface area contributed by atoms with Gasteiger partial charge in [0.25, 0.3) is 0 Å². The van der Waals surface area contributed by atoms with Gasteiger partial charge in [-0.15, -0.1) is 11.8 Å². The van der Waals surface area contributed by atoms with Crippen molar-refractivity contribution in [1.29, 1.82) is 0 Å². The number of thioether (sulfide) groups is 1. The van der Waals surface area contributed by atoms with E-state index in [1.165, 1.54) is 11.8 Å². The maximum Gasteiger partial charge on any atom is 0.336 e. The number of benzene rings is 1. The first-order chi connectivity index (χ1) is 7.54. The summed E-state index contributed by atoms with van der Waals surface area (Å²) >= 11 is 4.77. The normalized spacial score (nSPS) is 12.4. The van der Waals surface area contributed by atoms with E-state index in [1.54, 1.807) is 18.2 Å². The number of aromatic carboxylic acids is 1. The maximum atomic E-state index is 11.0. The van der Waals surface area contributed by atoms with Gasteiger partial charge in [0.05, 0.1) is 5.56 Å². The number of rotatable bonds is 5. The van der Waals surface area contributed by atoms with Crippen molar-refractivity contribution in [2.24, 2.45) is 5.92 Å². The summed E-state index contributed by atoms with van der Waals surface area (Å²) in [5, 5.41) is 17.9. The van der Waals surface area contributed by atoms with Crippen molar-refractivity contribution >= 4 is 33.7 Å². The van der Waals surface area contributed by atoms with Crippen molar-refractivity contribution in [3.05, 3.63) is 28.2 Å². The molecule has 0 bridgehead atoms. The van der Waals surface area contributed by atoms with E-state index in [0.29, 0.717) is 11.3 Å². The van der Waals surface area contributed by atoms with Gasteiger partial charge in [0, 0.05) is 21.7 Å². The van der Waals surface area contributed by atoms with Gasteiger partial charge in [-0.2, -0.15) is 0 Å². The first-order valence-electron chi connectivity index (χ1n) is 4.81. The Morgan fingerprint density at radius 2 is 2.25 bits per heavy atom. The molecule has 1 aromatic rings. The van der Waals surface area contributed by atoms with Crippen molar-refractivity contribution in [2.75, 3.05) is 12.4 Å². The molecule has 0 heterocycles.